The van der Waals surface area contributed by atoms with E-state index in [4.69, 9.17) is 5.11 Å². The standard InChI is InChI=1S/C11H14F3N3O3/c1-6(10(19)20)9(18)16(2)4-7-5-17(3)15-8(7)11(12,13)14/h5-6H,4H2,1-3H3,(H,19,20). The molecule has 112 valence electrons. The highest BCUT2D eigenvalue weighted by atomic mass is 19.4. The van der Waals surface area contributed by atoms with E-state index in [1.165, 1.54) is 21.0 Å². The summed E-state index contributed by atoms with van der Waals surface area (Å²) in [7, 11) is 2.58. The maximum absolute atomic E-state index is 12.7. The second-order valence-corrected chi connectivity index (χ2v) is 4.43. The van der Waals surface area contributed by atoms with Crippen molar-refractivity contribution < 1.29 is 27.9 Å². The molecule has 1 rings (SSSR count). The van der Waals surface area contributed by atoms with Crippen molar-refractivity contribution in [2.75, 3.05) is 7.05 Å². The Kier molecular flexibility index (Phi) is 4.41. The molecule has 1 atom stereocenters. The minimum atomic E-state index is -4.63. The van der Waals surface area contributed by atoms with Crippen molar-refractivity contribution in [1.29, 1.82) is 0 Å². The molecule has 0 radical (unpaired) electrons. The predicted molar refractivity (Wildman–Crippen MR) is 61.5 cm³/mol. The number of hydrogen-bond acceptors (Lipinski definition) is 3. The van der Waals surface area contributed by atoms with Gasteiger partial charge >= 0.3 is 12.1 Å². The number of aryl methyl sites for hydroxylation is 1. The van der Waals surface area contributed by atoms with E-state index in [9.17, 15) is 22.8 Å². The van der Waals surface area contributed by atoms with Crippen molar-refractivity contribution in [2.24, 2.45) is 13.0 Å². The van der Waals surface area contributed by atoms with E-state index in [1.54, 1.807) is 0 Å². The normalized spacial score (nSPS) is 13.1. The van der Waals surface area contributed by atoms with Crippen LogP contribution in [0.15, 0.2) is 6.20 Å². The summed E-state index contributed by atoms with van der Waals surface area (Å²) < 4.78 is 39.2. The van der Waals surface area contributed by atoms with Crippen molar-refractivity contribution in [3.63, 3.8) is 0 Å². The zero-order valence-corrected chi connectivity index (χ0v) is 11.1. The fraction of sp³-hybridized carbons (Fsp3) is 0.545. The molecule has 20 heavy (non-hydrogen) atoms. The van der Waals surface area contributed by atoms with Crippen LogP contribution >= 0.6 is 0 Å². The van der Waals surface area contributed by atoms with Gasteiger partial charge in [0.15, 0.2) is 5.69 Å². The molecule has 9 heteroatoms. The van der Waals surface area contributed by atoms with Gasteiger partial charge in [0.1, 0.15) is 5.92 Å². The predicted octanol–water partition coefficient (Wildman–Crippen LogP) is 1.12. The van der Waals surface area contributed by atoms with Crippen LogP contribution in [0.4, 0.5) is 13.2 Å². The molecule has 0 aliphatic rings. The summed E-state index contributed by atoms with van der Waals surface area (Å²) in [5, 5.41) is 12.0. The van der Waals surface area contributed by atoms with Crippen molar-refractivity contribution >= 4 is 11.9 Å². The molecule has 1 heterocycles. The lowest BCUT2D eigenvalue weighted by Crippen LogP contribution is -2.35. The Morgan fingerprint density at radius 1 is 1.50 bits per heavy atom. The third-order valence-electron chi connectivity index (χ3n) is 2.70. The Bertz CT molecular complexity index is 525. The molecule has 0 fully saturated rings. The van der Waals surface area contributed by atoms with E-state index in [1.807, 2.05) is 0 Å². The Hall–Kier alpha value is -2.06. The van der Waals surface area contributed by atoms with E-state index >= 15 is 0 Å². The van der Waals surface area contributed by atoms with Crippen LogP contribution in [0.1, 0.15) is 18.2 Å². The van der Waals surface area contributed by atoms with Gasteiger partial charge in [-0.15, -0.1) is 0 Å². The van der Waals surface area contributed by atoms with E-state index in [0.29, 0.717) is 0 Å². The molecular weight excluding hydrogens is 279 g/mol. The van der Waals surface area contributed by atoms with Crippen LogP contribution in [0.25, 0.3) is 0 Å². The number of alkyl halides is 3. The molecule has 0 saturated carbocycles. The second kappa shape index (κ2) is 5.51. The van der Waals surface area contributed by atoms with Gasteiger partial charge in [-0.05, 0) is 6.92 Å². The summed E-state index contributed by atoms with van der Waals surface area (Å²) in [5.41, 5.74) is -1.27. The summed E-state index contributed by atoms with van der Waals surface area (Å²) in [5.74, 6) is -3.41. The maximum Gasteiger partial charge on any atom is 0.435 e. The number of carbonyl (C=O) groups excluding carboxylic acids is 1. The molecule has 0 spiro atoms. The largest absolute Gasteiger partial charge is 0.481 e. The Balaban J connectivity index is 2.94. The van der Waals surface area contributed by atoms with Crippen molar-refractivity contribution in [3.8, 4) is 0 Å². The topological polar surface area (TPSA) is 75.4 Å². The average Bonchev–Trinajstić information content (AvgIpc) is 2.67. The van der Waals surface area contributed by atoms with Gasteiger partial charge in [0, 0.05) is 32.4 Å². The summed E-state index contributed by atoms with van der Waals surface area (Å²) in [6.45, 7) is 0.814. The first kappa shape index (κ1) is 16.0. The number of carboxylic acids is 1. The highest BCUT2D eigenvalue weighted by Crippen LogP contribution is 2.31. The van der Waals surface area contributed by atoms with Crippen LogP contribution in [-0.4, -0.2) is 38.7 Å². The molecule has 0 aliphatic carbocycles. The Labute approximate surface area is 112 Å². The van der Waals surface area contributed by atoms with Crippen LogP contribution in [-0.2, 0) is 29.4 Å². The molecular formula is C11H14F3N3O3. The Morgan fingerprint density at radius 3 is 2.50 bits per heavy atom. The van der Waals surface area contributed by atoms with Gasteiger partial charge in [-0.25, -0.2) is 0 Å². The fourth-order valence-corrected chi connectivity index (χ4v) is 1.66. The molecule has 0 aromatic carbocycles. The number of nitrogens with zero attached hydrogens (tertiary/aromatic N) is 3. The van der Waals surface area contributed by atoms with Crippen LogP contribution in [0.3, 0.4) is 0 Å². The summed E-state index contributed by atoms with van der Waals surface area (Å²) in [6.07, 6.45) is -3.48. The number of amides is 1. The molecule has 1 N–H and O–H groups in total. The lowest BCUT2D eigenvalue weighted by molar-refractivity contribution is -0.151. The van der Waals surface area contributed by atoms with Gasteiger partial charge < -0.3 is 10.0 Å². The van der Waals surface area contributed by atoms with Crippen LogP contribution < -0.4 is 0 Å². The van der Waals surface area contributed by atoms with E-state index in [2.05, 4.69) is 5.10 Å². The number of hydrogen-bond donors (Lipinski definition) is 1. The molecule has 1 amide bonds. The van der Waals surface area contributed by atoms with Crippen molar-refractivity contribution in [3.05, 3.63) is 17.5 Å². The number of halogens is 3. The second-order valence-electron chi connectivity index (χ2n) is 4.43. The summed E-state index contributed by atoms with van der Waals surface area (Å²) in [6, 6.07) is 0. The number of carboxylic acid groups (broad SMARTS) is 1. The van der Waals surface area contributed by atoms with Gasteiger partial charge in [-0.3, -0.25) is 14.3 Å². The van der Waals surface area contributed by atoms with Crippen LogP contribution in [0.2, 0.25) is 0 Å². The molecule has 0 aliphatic heterocycles. The summed E-state index contributed by atoms with van der Waals surface area (Å²) in [4.78, 5) is 23.3. The van der Waals surface area contributed by atoms with E-state index < -0.39 is 29.7 Å². The first-order chi connectivity index (χ1) is 9.04. The fourth-order valence-electron chi connectivity index (χ4n) is 1.66. The van der Waals surface area contributed by atoms with Gasteiger partial charge in [-0.2, -0.15) is 18.3 Å². The van der Waals surface area contributed by atoms with Crippen LogP contribution in [0, 0.1) is 5.92 Å². The Morgan fingerprint density at radius 2 is 2.05 bits per heavy atom. The lowest BCUT2D eigenvalue weighted by Gasteiger charge is -2.19. The highest BCUT2D eigenvalue weighted by molar-refractivity contribution is 5.96. The highest BCUT2D eigenvalue weighted by Gasteiger charge is 2.37. The van der Waals surface area contributed by atoms with E-state index in [-0.39, 0.29) is 12.1 Å². The number of rotatable bonds is 4. The molecule has 0 bridgehead atoms. The third kappa shape index (κ3) is 3.49. The third-order valence-corrected chi connectivity index (χ3v) is 2.70. The number of carbonyl (C=O) groups is 2. The smallest absolute Gasteiger partial charge is 0.435 e. The van der Waals surface area contributed by atoms with Crippen molar-refractivity contribution in [2.45, 2.75) is 19.6 Å². The molecule has 6 nitrogen and oxygen atoms in total. The minimum absolute atomic E-state index is 0.187. The maximum atomic E-state index is 12.7. The van der Waals surface area contributed by atoms with Gasteiger partial charge in [0.05, 0.1) is 0 Å². The van der Waals surface area contributed by atoms with Crippen LogP contribution in [0.5, 0.6) is 0 Å². The average molecular weight is 293 g/mol. The first-order valence-electron chi connectivity index (χ1n) is 5.61. The molecule has 1 unspecified atom stereocenters. The lowest BCUT2D eigenvalue weighted by atomic mass is 10.1. The first-order valence-corrected chi connectivity index (χ1v) is 5.61. The quantitative estimate of drug-likeness (QED) is 0.844. The zero-order chi connectivity index (χ0) is 15.7. The van der Waals surface area contributed by atoms with Gasteiger partial charge in [0.2, 0.25) is 5.91 Å². The van der Waals surface area contributed by atoms with Gasteiger partial charge in [-0.1, -0.05) is 0 Å². The zero-order valence-electron chi connectivity index (χ0n) is 11.1. The van der Waals surface area contributed by atoms with Crippen molar-refractivity contribution in [1.82, 2.24) is 14.7 Å². The summed E-state index contributed by atoms with van der Waals surface area (Å²) >= 11 is 0. The molecule has 1 aromatic heterocycles. The van der Waals surface area contributed by atoms with Gasteiger partial charge in [0.25, 0.3) is 0 Å². The number of aromatic nitrogens is 2. The minimum Gasteiger partial charge on any atom is -0.481 e. The molecule has 0 saturated heterocycles. The molecule has 1 aromatic rings. The van der Waals surface area contributed by atoms with E-state index in [0.717, 1.165) is 15.8 Å². The number of aliphatic carboxylic acids is 1. The monoisotopic (exact) mass is 293 g/mol. The SMILES string of the molecule is CC(C(=O)O)C(=O)N(C)Cc1cn(C)nc1C(F)(F)F.